The molecule has 0 atom stereocenters. The molecule has 0 amide bonds. The smallest absolute Gasteiger partial charge is 0.339 e. The molecule has 102 valence electrons. The molecular formula is C15H18O4. The first-order valence-corrected chi connectivity index (χ1v) is 6.25. The maximum absolute atomic E-state index is 11.7. The van der Waals surface area contributed by atoms with Crippen molar-refractivity contribution in [2.75, 3.05) is 6.61 Å². The third kappa shape index (κ3) is 5.86. The van der Waals surface area contributed by atoms with Crippen LogP contribution in [-0.4, -0.2) is 18.5 Å². The van der Waals surface area contributed by atoms with E-state index in [1.165, 1.54) is 6.92 Å². The molecule has 1 aromatic rings. The van der Waals surface area contributed by atoms with E-state index < -0.39 is 11.9 Å². The lowest BCUT2D eigenvalue weighted by Gasteiger charge is -2.04. The van der Waals surface area contributed by atoms with Crippen LogP contribution in [0.5, 0.6) is 5.75 Å². The molecule has 0 radical (unpaired) electrons. The van der Waals surface area contributed by atoms with Gasteiger partial charge in [-0.25, -0.2) is 9.59 Å². The predicted octanol–water partition coefficient (Wildman–Crippen LogP) is 2.88. The number of benzene rings is 1. The van der Waals surface area contributed by atoms with Crippen LogP contribution >= 0.6 is 0 Å². The Balaban J connectivity index is 2.49. The number of ether oxygens (including phenoxy) is 2. The number of hydrogen-bond acceptors (Lipinski definition) is 4. The molecule has 0 saturated heterocycles. The summed E-state index contributed by atoms with van der Waals surface area (Å²) in [5.74, 6) is -0.630. The summed E-state index contributed by atoms with van der Waals surface area (Å²) in [6, 6.07) is 8.70. The third-order valence-corrected chi connectivity index (χ3v) is 2.35. The summed E-state index contributed by atoms with van der Waals surface area (Å²) in [5, 5.41) is 0. The number of carbonyl (C=O) groups is 2. The van der Waals surface area contributed by atoms with Crippen LogP contribution in [0.1, 0.15) is 26.7 Å². The molecule has 0 heterocycles. The first-order chi connectivity index (χ1) is 9.13. The van der Waals surface area contributed by atoms with Crippen molar-refractivity contribution in [3.05, 3.63) is 42.0 Å². The fourth-order valence-corrected chi connectivity index (χ4v) is 1.27. The van der Waals surface area contributed by atoms with E-state index in [2.05, 4.69) is 0 Å². The van der Waals surface area contributed by atoms with Gasteiger partial charge in [0.1, 0.15) is 5.75 Å². The molecule has 0 bridgehead atoms. The summed E-state index contributed by atoms with van der Waals surface area (Å²) in [6.45, 7) is 3.89. The second-order valence-corrected chi connectivity index (χ2v) is 4.05. The monoisotopic (exact) mass is 262 g/mol. The predicted molar refractivity (Wildman–Crippen MR) is 71.7 cm³/mol. The van der Waals surface area contributed by atoms with Crippen molar-refractivity contribution in [3.8, 4) is 5.75 Å². The Morgan fingerprint density at radius 1 is 1.21 bits per heavy atom. The second-order valence-electron chi connectivity index (χ2n) is 4.05. The van der Waals surface area contributed by atoms with Crippen molar-refractivity contribution in [1.29, 1.82) is 0 Å². The second kappa shape index (κ2) is 8.08. The van der Waals surface area contributed by atoms with E-state index in [-0.39, 0.29) is 5.57 Å². The minimum Gasteiger partial charge on any atom is -0.463 e. The maximum atomic E-state index is 11.7. The first kappa shape index (κ1) is 15.0. The Kier molecular flexibility index (Phi) is 6.36. The van der Waals surface area contributed by atoms with Crippen LogP contribution in [0.25, 0.3) is 0 Å². The Labute approximate surface area is 113 Å². The largest absolute Gasteiger partial charge is 0.463 e. The van der Waals surface area contributed by atoms with E-state index in [0.717, 1.165) is 18.9 Å². The molecule has 1 aromatic carbocycles. The summed E-state index contributed by atoms with van der Waals surface area (Å²) in [6.07, 6.45) is 2.92. The van der Waals surface area contributed by atoms with Gasteiger partial charge in [0.2, 0.25) is 0 Å². The number of rotatable bonds is 6. The van der Waals surface area contributed by atoms with Crippen molar-refractivity contribution >= 4 is 11.9 Å². The van der Waals surface area contributed by atoms with Gasteiger partial charge in [-0.1, -0.05) is 31.5 Å². The van der Waals surface area contributed by atoms with Crippen molar-refractivity contribution in [2.45, 2.75) is 26.7 Å². The van der Waals surface area contributed by atoms with E-state index in [1.807, 2.05) is 13.0 Å². The van der Waals surface area contributed by atoms with Crippen LogP contribution in [0, 0.1) is 0 Å². The molecule has 1 rings (SSSR count). The van der Waals surface area contributed by atoms with E-state index in [0.29, 0.717) is 12.4 Å². The molecule has 0 aromatic heterocycles. The molecule has 4 heteroatoms. The highest BCUT2D eigenvalue weighted by atomic mass is 16.5. The number of unbranched alkanes of at least 4 members (excludes halogenated alkanes) is 1. The fourth-order valence-electron chi connectivity index (χ4n) is 1.27. The molecular weight excluding hydrogens is 244 g/mol. The number of esters is 2. The summed E-state index contributed by atoms with van der Waals surface area (Å²) in [7, 11) is 0. The van der Waals surface area contributed by atoms with E-state index >= 15 is 0 Å². The zero-order valence-corrected chi connectivity index (χ0v) is 11.2. The molecule has 0 N–H and O–H groups in total. The summed E-state index contributed by atoms with van der Waals surface area (Å²) in [4.78, 5) is 23.1. The summed E-state index contributed by atoms with van der Waals surface area (Å²) < 4.78 is 10.0. The van der Waals surface area contributed by atoms with Gasteiger partial charge in [0.25, 0.3) is 0 Å². The zero-order chi connectivity index (χ0) is 14.1. The number of para-hydroxylation sites is 1. The lowest BCUT2D eigenvalue weighted by Crippen LogP contribution is -2.12. The average Bonchev–Trinajstić information content (AvgIpc) is 2.40. The van der Waals surface area contributed by atoms with Crippen molar-refractivity contribution in [3.63, 3.8) is 0 Å². The van der Waals surface area contributed by atoms with Crippen LogP contribution in [0.3, 0.4) is 0 Å². The minimum atomic E-state index is -0.557. The normalized spacial score (nSPS) is 10.9. The van der Waals surface area contributed by atoms with Crippen molar-refractivity contribution < 1.29 is 19.1 Å². The van der Waals surface area contributed by atoms with Crippen LogP contribution in [-0.2, 0) is 14.3 Å². The molecule has 0 spiro atoms. The fraction of sp³-hybridized carbons (Fsp3) is 0.333. The quantitative estimate of drug-likeness (QED) is 0.342. The minimum absolute atomic E-state index is 0.213. The van der Waals surface area contributed by atoms with Gasteiger partial charge in [-0.05, 0) is 25.5 Å². The first-order valence-electron chi connectivity index (χ1n) is 6.25. The van der Waals surface area contributed by atoms with E-state index in [9.17, 15) is 9.59 Å². The maximum Gasteiger partial charge on any atom is 0.339 e. The van der Waals surface area contributed by atoms with Crippen molar-refractivity contribution in [1.82, 2.24) is 0 Å². The Hall–Kier alpha value is -2.10. The molecule has 0 fully saturated rings. The highest BCUT2D eigenvalue weighted by molar-refractivity contribution is 5.96. The summed E-state index contributed by atoms with van der Waals surface area (Å²) in [5.41, 5.74) is 0.213. The van der Waals surface area contributed by atoms with E-state index in [1.54, 1.807) is 24.3 Å². The molecule has 0 saturated carbocycles. The Bertz CT molecular complexity index is 448. The van der Waals surface area contributed by atoms with Gasteiger partial charge in [-0.2, -0.15) is 0 Å². The third-order valence-electron chi connectivity index (χ3n) is 2.35. The van der Waals surface area contributed by atoms with E-state index in [4.69, 9.17) is 9.47 Å². The number of hydrogen-bond donors (Lipinski definition) is 0. The Morgan fingerprint density at radius 2 is 1.89 bits per heavy atom. The molecule has 0 aliphatic rings. The Morgan fingerprint density at radius 3 is 2.53 bits per heavy atom. The van der Waals surface area contributed by atoms with Gasteiger partial charge in [0, 0.05) is 11.6 Å². The van der Waals surface area contributed by atoms with Gasteiger partial charge in [0.15, 0.2) is 0 Å². The molecule has 0 aliphatic carbocycles. The molecule has 0 aliphatic heterocycles. The SMILES string of the molecule is CCCCOC(=O)/C=C(/C)C(=O)Oc1ccccc1. The average molecular weight is 262 g/mol. The van der Waals surface area contributed by atoms with Gasteiger partial charge in [-0.15, -0.1) is 0 Å². The topological polar surface area (TPSA) is 52.6 Å². The van der Waals surface area contributed by atoms with Crippen LogP contribution in [0.2, 0.25) is 0 Å². The lowest BCUT2D eigenvalue weighted by atomic mass is 10.3. The molecule has 19 heavy (non-hydrogen) atoms. The highest BCUT2D eigenvalue weighted by Crippen LogP contribution is 2.10. The van der Waals surface area contributed by atoms with Gasteiger partial charge in [-0.3, -0.25) is 0 Å². The zero-order valence-electron chi connectivity index (χ0n) is 11.2. The van der Waals surface area contributed by atoms with Gasteiger partial charge < -0.3 is 9.47 Å². The summed E-state index contributed by atoms with van der Waals surface area (Å²) >= 11 is 0. The lowest BCUT2D eigenvalue weighted by molar-refractivity contribution is -0.138. The van der Waals surface area contributed by atoms with Gasteiger partial charge >= 0.3 is 11.9 Å². The van der Waals surface area contributed by atoms with Crippen LogP contribution in [0.15, 0.2) is 42.0 Å². The van der Waals surface area contributed by atoms with Gasteiger partial charge in [0.05, 0.1) is 6.61 Å². The molecule has 0 unspecified atom stereocenters. The highest BCUT2D eigenvalue weighted by Gasteiger charge is 2.09. The molecule has 4 nitrogen and oxygen atoms in total. The standard InChI is InChI=1S/C15H18O4/c1-3-4-10-18-14(16)11-12(2)15(17)19-13-8-6-5-7-9-13/h5-9,11H,3-4,10H2,1-2H3/b12-11-. The number of carbonyl (C=O) groups excluding carboxylic acids is 2. The van der Waals surface area contributed by atoms with Crippen molar-refractivity contribution in [2.24, 2.45) is 0 Å². The van der Waals surface area contributed by atoms with Crippen LogP contribution in [0.4, 0.5) is 0 Å². The van der Waals surface area contributed by atoms with Crippen LogP contribution < -0.4 is 4.74 Å².